The van der Waals surface area contributed by atoms with Crippen LogP contribution in [0.5, 0.6) is 0 Å². The Morgan fingerprint density at radius 3 is 2.41 bits per heavy atom. The summed E-state index contributed by atoms with van der Waals surface area (Å²) in [6, 6.07) is 3.31. The van der Waals surface area contributed by atoms with Crippen molar-refractivity contribution in [1.29, 1.82) is 0 Å². The summed E-state index contributed by atoms with van der Waals surface area (Å²) in [5.74, 6) is -0.726. The molecule has 0 aliphatic rings. The third-order valence-corrected chi connectivity index (χ3v) is 4.02. The molecule has 1 rings (SSSR count). The van der Waals surface area contributed by atoms with Gasteiger partial charge in [-0.2, -0.15) is 4.72 Å². The lowest BCUT2D eigenvalue weighted by atomic mass is 10.1. The Morgan fingerprint density at radius 2 is 1.95 bits per heavy atom. The highest BCUT2D eigenvalue weighted by atomic mass is 32.2. The molecule has 124 valence electrons. The first-order chi connectivity index (χ1) is 10.1. The number of carbonyl (C=O) groups excluding carboxylic acids is 1. The highest BCUT2D eigenvalue weighted by molar-refractivity contribution is 7.89. The Labute approximate surface area is 131 Å². The molecule has 22 heavy (non-hydrogen) atoms. The third kappa shape index (κ3) is 5.36. The van der Waals surface area contributed by atoms with Gasteiger partial charge in [-0.1, -0.05) is 6.07 Å². The van der Waals surface area contributed by atoms with Gasteiger partial charge >= 0.3 is 5.97 Å². The minimum Gasteiger partial charge on any atom is -0.468 e. The standard InChI is InChI=1S/C14H22N2O5S/c1-10(21-14(2,3)4)12(13(17)20-5)16-22(18,19)11-8-6-7-9-15-11/h6-10,12,16H,1-5H3/t10-,12+/m1/s1. The van der Waals surface area contributed by atoms with Crippen molar-refractivity contribution in [3.63, 3.8) is 0 Å². The minimum absolute atomic E-state index is 0.174. The second-order valence-electron chi connectivity index (χ2n) is 5.73. The van der Waals surface area contributed by atoms with E-state index >= 15 is 0 Å². The third-order valence-electron chi connectivity index (χ3n) is 2.66. The first kappa shape index (κ1) is 18.5. The molecule has 8 heteroatoms. The summed E-state index contributed by atoms with van der Waals surface area (Å²) in [6.45, 7) is 7.04. The summed E-state index contributed by atoms with van der Waals surface area (Å²) < 4.78 is 37.2. The summed E-state index contributed by atoms with van der Waals surface area (Å²) in [5.41, 5.74) is -0.540. The van der Waals surface area contributed by atoms with E-state index in [0.29, 0.717) is 0 Å². The van der Waals surface area contributed by atoms with E-state index in [0.717, 1.165) is 0 Å². The highest BCUT2D eigenvalue weighted by Crippen LogP contribution is 2.15. The van der Waals surface area contributed by atoms with Gasteiger partial charge in [-0.15, -0.1) is 0 Å². The molecule has 0 aromatic carbocycles. The smallest absolute Gasteiger partial charge is 0.326 e. The van der Waals surface area contributed by atoms with Gasteiger partial charge in [-0.3, -0.25) is 4.79 Å². The number of pyridine rings is 1. The first-order valence-electron chi connectivity index (χ1n) is 6.76. The number of ether oxygens (including phenoxy) is 2. The maximum atomic E-state index is 12.3. The van der Waals surface area contributed by atoms with Gasteiger partial charge < -0.3 is 9.47 Å². The fraction of sp³-hybridized carbons (Fsp3) is 0.571. The van der Waals surface area contributed by atoms with Crippen LogP contribution in [0.3, 0.4) is 0 Å². The molecule has 1 heterocycles. The van der Waals surface area contributed by atoms with Gasteiger partial charge in [0.25, 0.3) is 10.0 Å². The van der Waals surface area contributed by atoms with Crippen molar-refractivity contribution in [2.24, 2.45) is 0 Å². The molecule has 1 aromatic rings. The van der Waals surface area contributed by atoms with Gasteiger partial charge in [0.1, 0.15) is 6.04 Å². The summed E-state index contributed by atoms with van der Waals surface area (Å²) >= 11 is 0. The Bertz CT molecular complexity index is 595. The van der Waals surface area contributed by atoms with Crippen LogP contribution < -0.4 is 4.72 Å². The van der Waals surface area contributed by atoms with Crippen LogP contribution in [-0.2, 0) is 24.3 Å². The average molecular weight is 330 g/mol. The van der Waals surface area contributed by atoms with E-state index in [9.17, 15) is 13.2 Å². The zero-order valence-electron chi connectivity index (χ0n) is 13.4. The van der Waals surface area contributed by atoms with Crippen molar-refractivity contribution >= 4 is 16.0 Å². The van der Waals surface area contributed by atoms with E-state index in [1.165, 1.54) is 19.4 Å². The van der Waals surface area contributed by atoms with Crippen LogP contribution in [-0.4, -0.2) is 44.2 Å². The number of nitrogens with zero attached hydrogens (tertiary/aromatic N) is 1. The van der Waals surface area contributed by atoms with Gasteiger partial charge in [0.2, 0.25) is 0 Å². The monoisotopic (exact) mass is 330 g/mol. The molecule has 0 saturated heterocycles. The van der Waals surface area contributed by atoms with Crippen LogP contribution in [0.2, 0.25) is 0 Å². The summed E-state index contributed by atoms with van der Waals surface area (Å²) in [5, 5.41) is -0.174. The van der Waals surface area contributed by atoms with Crippen molar-refractivity contribution in [2.45, 2.75) is 50.5 Å². The van der Waals surface area contributed by atoms with E-state index in [1.807, 2.05) is 20.8 Å². The van der Waals surface area contributed by atoms with E-state index in [1.54, 1.807) is 19.1 Å². The number of sulfonamides is 1. The number of rotatable bonds is 6. The maximum Gasteiger partial charge on any atom is 0.326 e. The predicted molar refractivity (Wildman–Crippen MR) is 80.7 cm³/mol. The first-order valence-corrected chi connectivity index (χ1v) is 8.24. The Kier molecular flexibility index (Phi) is 6.04. The maximum absolute atomic E-state index is 12.3. The number of hydrogen-bond donors (Lipinski definition) is 1. The number of nitrogens with one attached hydrogen (secondary N) is 1. The zero-order chi connectivity index (χ0) is 17.0. The summed E-state index contributed by atoms with van der Waals surface area (Å²) in [4.78, 5) is 15.7. The lowest BCUT2D eigenvalue weighted by molar-refractivity contribution is -0.149. The molecule has 7 nitrogen and oxygen atoms in total. The SMILES string of the molecule is COC(=O)[C@@H](NS(=O)(=O)c1ccccn1)[C@@H](C)OC(C)(C)C. The average Bonchev–Trinajstić information content (AvgIpc) is 2.43. The molecule has 0 saturated carbocycles. The van der Waals surface area contributed by atoms with Crippen LogP contribution in [0.25, 0.3) is 0 Å². The second kappa shape index (κ2) is 7.17. The minimum atomic E-state index is -3.96. The largest absolute Gasteiger partial charge is 0.468 e. The Hall–Kier alpha value is -1.51. The molecule has 1 N–H and O–H groups in total. The molecule has 0 aliphatic carbocycles. The van der Waals surface area contributed by atoms with Crippen molar-refractivity contribution in [3.05, 3.63) is 24.4 Å². The highest BCUT2D eigenvalue weighted by Gasteiger charge is 2.34. The predicted octanol–water partition coefficient (Wildman–Crippen LogP) is 1.11. The molecule has 0 spiro atoms. The zero-order valence-corrected chi connectivity index (χ0v) is 14.2. The lowest BCUT2D eigenvalue weighted by Gasteiger charge is -2.29. The van der Waals surface area contributed by atoms with Crippen LogP contribution in [0.1, 0.15) is 27.7 Å². The Morgan fingerprint density at radius 1 is 1.32 bits per heavy atom. The number of aromatic nitrogens is 1. The molecule has 0 bridgehead atoms. The molecule has 0 unspecified atom stereocenters. The van der Waals surface area contributed by atoms with E-state index in [4.69, 9.17) is 4.74 Å². The van der Waals surface area contributed by atoms with E-state index < -0.39 is 33.7 Å². The van der Waals surface area contributed by atoms with Crippen LogP contribution in [0.15, 0.2) is 29.4 Å². The van der Waals surface area contributed by atoms with Gasteiger partial charge in [-0.25, -0.2) is 13.4 Å². The van der Waals surface area contributed by atoms with Crippen molar-refractivity contribution in [3.8, 4) is 0 Å². The number of methoxy groups -OCH3 is 1. The van der Waals surface area contributed by atoms with Gasteiger partial charge in [0.15, 0.2) is 5.03 Å². The van der Waals surface area contributed by atoms with Crippen LogP contribution >= 0.6 is 0 Å². The quantitative estimate of drug-likeness (QED) is 0.785. The number of esters is 1. The molecule has 1 aromatic heterocycles. The fourth-order valence-corrected chi connectivity index (χ4v) is 3.02. The summed E-state index contributed by atoms with van der Waals surface area (Å²) in [6.07, 6.45) is 0.641. The van der Waals surface area contributed by atoms with Crippen molar-refractivity contribution in [1.82, 2.24) is 9.71 Å². The second-order valence-corrected chi connectivity index (χ2v) is 7.39. The molecule has 0 amide bonds. The topological polar surface area (TPSA) is 94.6 Å². The molecular weight excluding hydrogens is 308 g/mol. The number of carbonyl (C=O) groups is 1. The fourth-order valence-electron chi connectivity index (χ4n) is 1.82. The molecule has 0 fully saturated rings. The van der Waals surface area contributed by atoms with Crippen LogP contribution in [0, 0.1) is 0 Å². The van der Waals surface area contributed by atoms with Gasteiger partial charge in [-0.05, 0) is 39.8 Å². The van der Waals surface area contributed by atoms with Gasteiger partial charge in [0.05, 0.1) is 18.8 Å². The van der Waals surface area contributed by atoms with Crippen LogP contribution in [0.4, 0.5) is 0 Å². The van der Waals surface area contributed by atoms with E-state index in [-0.39, 0.29) is 5.03 Å². The molecule has 0 aliphatic heterocycles. The molecule has 0 radical (unpaired) electrons. The van der Waals surface area contributed by atoms with E-state index in [2.05, 4.69) is 14.4 Å². The van der Waals surface area contributed by atoms with Gasteiger partial charge in [0, 0.05) is 6.20 Å². The number of hydrogen-bond acceptors (Lipinski definition) is 6. The Balaban J connectivity index is 3.02. The molecular formula is C14H22N2O5S. The van der Waals surface area contributed by atoms with Crippen molar-refractivity contribution in [2.75, 3.05) is 7.11 Å². The summed E-state index contributed by atoms with van der Waals surface area (Å²) in [7, 11) is -2.77. The lowest BCUT2D eigenvalue weighted by Crippen LogP contribution is -2.50. The van der Waals surface area contributed by atoms with Crippen molar-refractivity contribution < 1.29 is 22.7 Å². The normalized spacial score (nSPS) is 15.1. The molecule has 2 atom stereocenters.